The zero-order valence-corrected chi connectivity index (χ0v) is 8.45. The Morgan fingerprint density at radius 1 is 1.54 bits per heavy atom. The van der Waals surface area contributed by atoms with Crippen LogP contribution in [0.15, 0.2) is 10.2 Å². The van der Waals surface area contributed by atoms with Crippen LogP contribution in [0, 0.1) is 5.92 Å². The average Bonchev–Trinajstić information content (AvgIpc) is 2.01. The van der Waals surface area contributed by atoms with E-state index in [2.05, 4.69) is 17.1 Å². The Balaban J connectivity index is 0.00000144. The lowest BCUT2D eigenvalue weighted by molar-refractivity contribution is 0.499. The minimum absolute atomic E-state index is 0. The van der Waals surface area contributed by atoms with Crippen molar-refractivity contribution in [1.82, 2.24) is 0 Å². The van der Waals surface area contributed by atoms with E-state index in [1.165, 1.54) is 18.6 Å². The third-order valence-corrected chi connectivity index (χ3v) is 2.10. The molecule has 0 aromatic rings. The lowest BCUT2D eigenvalue weighted by atomic mass is 9.89. The highest BCUT2D eigenvalue weighted by molar-refractivity contribution is 5.86. The molecule has 1 fully saturated rings. The number of hydrogen-bond donors (Lipinski definition) is 1. The smallest absolute Gasteiger partial charge is 0.119 e. The quantitative estimate of drug-likeness (QED) is 0.281. The first-order valence-corrected chi connectivity index (χ1v) is 4.54. The molecule has 3 nitrogen and oxygen atoms in total. The fourth-order valence-electron chi connectivity index (χ4n) is 1.50. The number of hydrogen-bond acceptors (Lipinski definition) is 2. The third kappa shape index (κ3) is 4.71. The molecule has 0 saturated heterocycles. The Hall–Kier alpha value is -0.795. The summed E-state index contributed by atoms with van der Waals surface area (Å²) in [6, 6.07) is 0. The van der Waals surface area contributed by atoms with Crippen LogP contribution >= 0.6 is 0 Å². The fourth-order valence-corrected chi connectivity index (χ4v) is 1.50. The van der Waals surface area contributed by atoms with E-state index in [-0.39, 0.29) is 8.41 Å². The number of nitrogens with two attached hydrogens (primary N) is 1. The highest BCUT2D eigenvalue weighted by Gasteiger charge is 2.13. The normalized spacial score (nSPS) is 27.1. The second-order valence-electron chi connectivity index (χ2n) is 3.61. The summed E-state index contributed by atoms with van der Waals surface area (Å²) >= 11 is 0. The monoisotopic (exact) mass is 178 g/mol. The molecule has 1 aliphatic carbocycles. The summed E-state index contributed by atoms with van der Waals surface area (Å²) in [5.41, 5.74) is 6.59. The Bertz CT molecular complexity index is 207. The van der Waals surface area contributed by atoms with Gasteiger partial charge in [0.05, 0.1) is 0 Å². The van der Waals surface area contributed by atoms with Crippen LogP contribution in [0.5, 0.6) is 0 Å². The van der Waals surface area contributed by atoms with Gasteiger partial charge >= 0.3 is 0 Å². The zero-order chi connectivity index (χ0) is 8.97. The third-order valence-electron chi connectivity index (χ3n) is 2.10. The maximum atomic E-state index is 5.39. The standard InChI is InChI=1S/C9H17N3.B/c1-7-4-3-5-9(6-7)12-11-8(2)10;/h7H,3-6H2,1-2H3,(H2,10,11);/b12-9-;/t7-;/m0./s1. The first-order chi connectivity index (χ1) is 5.68. The molecule has 1 saturated carbocycles. The Morgan fingerprint density at radius 2 is 2.23 bits per heavy atom. The number of rotatable bonds is 1. The first-order valence-electron chi connectivity index (χ1n) is 4.54. The molecule has 2 N–H and O–H groups in total. The van der Waals surface area contributed by atoms with E-state index < -0.39 is 0 Å². The summed E-state index contributed by atoms with van der Waals surface area (Å²) < 4.78 is 0. The summed E-state index contributed by atoms with van der Waals surface area (Å²) in [6.07, 6.45) is 4.77. The summed E-state index contributed by atoms with van der Waals surface area (Å²) in [4.78, 5) is 0. The molecule has 0 amide bonds. The van der Waals surface area contributed by atoms with Gasteiger partial charge in [-0.15, -0.1) is 5.10 Å². The largest absolute Gasteiger partial charge is 0.386 e. The van der Waals surface area contributed by atoms with Crippen LogP contribution in [0.3, 0.4) is 0 Å². The Kier molecular flexibility index (Phi) is 5.43. The molecule has 13 heavy (non-hydrogen) atoms. The van der Waals surface area contributed by atoms with Gasteiger partial charge in [-0.2, -0.15) is 5.10 Å². The molecule has 0 bridgehead atoms. The Morgan fingerprint density at radius 3 is 2.77 bits per heavy atom. The molecule has 0 heterocycles. The van der Waals surface area contributed by atoms with Crippen molar-refractivity contribution in [2.45, 2.75) is 39.5 Å². The van der Waals surface area contributed by atoms with Gasteiger partial charge < -0.3 is 5.73 Å². The lowest BCUT2D eigenvalue weighted by Gasteiger charge is -2.17. The van der Waals surface area contributed by atoms with Gasteiger partial charge in [0.1, 0.15) is 5.84 Å². The molecule has 0 aliphatic heterocycles. The molecule has 0 spiro atoms. The highest BCUT2D eigenvalue weighted by atomic mass is 15.2. The second kappa shape index (κ2) is 5.78. The van der Waals surface area contributed by atoms with Gasteiger partial charge in [-0.1, -0.05) is 6.92 Å². The summed E-state index contributed by atoms with van der Waals surface area (Å²) in [5, 5.41) is 7.98. The molecular weight excluding hydrogens is 161 g/mol. The van der Waals surface area contributed by atoms with E-state index in [9.17, 15) is 0 Å². The van der Waals surface area contributed by atoms with E-state index in [1.54, 1.807) is 6.92 Å². The molecule has 1 rings (SSSR count). The molecular formula is C9H17BN3. The Labute approximate surface area is 82.1 Å². The van der Waals surface area contributed by atoms with Crippen molar-refractivity contribution >= 4 is 20.0 Å². The lowest BCUT2D eigenvalue weighted by Crippen LogP contribution is -2.13. The SMILES string of the molecule is C/C(N)=N/N=C1/CCC[C@H](C)C1.[B]. The zero-order valence-electron chi connectivity index (χ0n) is 8.45. The van der Waals surface area contributed by atoms with Crippen LogP contribution in [-0.2, 0) is 0 Å². The summed E-state index contributed by atoms with van der Waals surface area (Å²) in [5.74, 6) is 1.31. The van der Waals surface area contributed by atoms with E-state index in [0.717, 1.165) is 18.8 Å². The second-order valence-corrected chi connectivity index (χ2v) is 3.61. The van der Waals surface area contributed by atoms with Crippen LogP contribution in [0.25, 0.3) is 0 Å². The molecule has 71 valence electrons. The highest BCUT2D eigenvalue weighted by Crippen LogP contribution is 2.21. The number of nitrogens with zero attached hydrogens (tertiary/aromatic N) is 2. The van der Waals surface area contributed by atoms with Crippen LogP contribution in [0.1, 0.15) is 39.5 Å². The maximum Gasteiger partial charge on any atom is 0.119 e. The van der Waals surface area contributed by atoms with Crippen molar-refractivity contribution in [3.8, 4) is 0 Å². The van der Waals surface area contributed by atoms with E-state index in [4.69, 9.17) is 5.73 Å². The molecule has 4 heteroatoms. The van der Waals surface area contributed by atoms with Gasteiger partial charge in [0, 0.05) is 14.1 Å². The fraction of sp³-hybridized carbons (Fsp3) is 0.778. The minimum Gasteiger partial charge on any atom is -0.386 e. The van der Waals surface area contributed by atoms with Crippen molar-refractivity contribution in [2.24, 2.45) is 21.9 Å². The topological polar surface area (TPSA) is 50.7 Å². The van der Waals surface area contributed by atoms with Gasteiger partial charge in [-0.25, -0.2) is 0 Å². The van der Waals surface area contributed by atoms with E-state index in [1.807, 2.05) is 0 Å². The van der Waals surface area contributed by atoms with E-state index >= 15 is 0 Å². The van der Waals surface area contributed by atoms with Gasteiger partial charge in [-0.3, -0.25) is 0 Å². The van der Waals surface area contributed by atoms with Gasteiger partial charge in [0.2, 0.25) is 0 Å². The predicted octanol–water partition coefficient (Wildman–Crippen LogP) is 1.55. The average molecular weight is 178 g/mol. The predicted molar refractivity (Wildman–Crippen MR) is 58.1 cm³/mol. The molecule has 1 aliphatic rings. The maximum absolute atomic E-state index is 5.39. The van der Waals surface area contributed by atoms with Crippen molar-refractivity contribution in [1.29, 1.82) is 0 Å². The van der Waals surface area contributed by atoms with Crippen molar-refractivity contribution < 1.29 is 0 Å². The molecule has 1 atom stereocenters. The van der Waals surface area contributed by atoms with Gasteiger partial charge in [0.25, 0.3) is 0 Å². The van der Waals surface area contributed by atoms with Crippen LogP contribution in [-0.4, -0.2) is 20.0 Å². The molecule has 3 radical (unpaired) electrons. The molecule has 0 unspecified atom stereocenters. The minimum atomic E-state index is 0. The summed E-state index contributed by atoms with van der Waals surface area (Å²) in [6.45, 7) is 4.02. The van der Waals surface area contributed by atoms with Gasteiger partial charge in [-0.05, 0) is 38.5 Å². The number of amidine groups is 1. The molecule has 0 aromatic heterocycles. The van der Waals surface area contributed by atoms with Crippen molar-refractivity contribution in [3.05, 3.63) is 0 Å². The van der Waals surface area contributed by atoms with Crippen LogP contribution in [0.2, 0.25) is 0 Å². The molecule has 0 aromatic carbocycles. The van der Waals surface area contributed by atoms with Crippen molar-refractivity contribution in [2.75, 3.05) is 0 Å². The first kappa shape index (κ1) is 12.2. The summed E-state index contributed by atoms with van der Waals surface area (Å²) in [7, 11) is 0. The van der Waals surface area contributed by atoms with Gasteiger partial charge in [0.15, 0.2) is 0 Å². The van der Waals surface area contributed by atoms with Crippen molar-refractivity contribution in [3.63, 3.8) is 0 Å². The van der Waals surface area contributed by atoms with E-state index in [0.29, 0.717) is 5.84 Å². The van der Waals surface area contributed by atoms with Crippen LogP contribution < -0.4 is 5.73 Å². The van der Waals surface area contributed by atoms with Crippen LogP contribution in [0.4, 0.5) is 0 Å².